The monoisotopic (exact) mass is 380 g/mol. The molecule has 0 unspecified atom stereocenters. The second kappa shape index (κ2) is 6.64. The second-order valence-electron chi connectivity index (χ2n) is 4.26. The number of benzene rings is 2. The Balaban J connectivity index is 1.67. The number of thioether (sulfide) groups is 1. The predicted molar refractivity (Wildman–Crippen MR) is 88.4 cm³/mol. The quantitative estimate of drug-likeness (QED) is 0.564. The van der Waals surface area contributed by atoms with Crippen LogP contribution in [-0.4, -0.2) is 10.1 Å². The van der Waals surface area contributed by atoms with E-state index in [-0.39, 0.29) is 0 Å². The fraction of sp³-hybridized carbons (Fsp3) is 0.0667. The summed E-state index contributed by atoms with van der Waals surface area (Å²) in [5.41, 5.74) is 0.892. The molecule has 0 atom stereocenters. The SMILES string of the molecule is Clc1ccc(-c2noc(CSc3ccc(Br)cc3)n2)cc1. The molecule has 21 heavy (non-hydrogen) atoms. The maximum absolute atomic E-state index is 5.86. The average molecular weight is 382 g/mol. The molecule has 6 heteroatoms. The molecule has 0 aliphatic heterocycles. The van der Waals surface area contributed by atoms with Crippen molar-refractivity contribution >= 4 is 39.3 Å². The van der Waals surface area contributed by atoms with Gasteiger partial charge in [-0.3, -0.25) is 0 Å². The van der Waals surface area contributed by atoms with Crippen molar-refractivity contribution in [3.05, 3.63) is 63.9 Å². The van der Waals surface area contributed by atoms with E-state index in [0.29, 0.717) is 22.5 Å². The van der Waals surface area contributed by atoms with Gasteiger partial charge in [0, 0.05) is 20.0 Å². The molecule has 3 rings (SSSR count). The molecule has 3 nitrogen and oxygen atoms in total. The Labute approximate surface area is 139 Å². The molecule has 2 aromatic carbocycles. The Bertz CT molecular complexity index is 728. The lowest BCUT2D eigenvalue weighted by Gasteiger charge is -1.98. The average Bonchev–Trinajstić information content (AvgIpc) is 2.96. The Morgan fingerprint density at radius 1 is 1.05 bits per heavy atom. The van der Waals surface area contributed by atoms with Crippen LogP contribution in [-0.2, 0) is 5.75 Å². The summed E-state index contributed by atoms with van der Waals surface area (Å²) in [5.74, 6) is 1.83. The summed E-state index contributed by atoms with van der Waals surface area (Å²) >= 11 is 10.9. The molecular formula is C15H10BrClN2OS. The van der Waals surface area contributed by atoms with Crippen molar-refractivity contribution in [2.45, 2.75) is 10.6 Å². The maximum atomic E-state index is 5.86. The molecule has 0 radical (unpaired) electrons. The molecule has 0 saturated heterocycles. The molecule has 1 heterocycles. The largest absolute Gasteiger partial charge is 0.338 e. The van der Waals surface area contributed by atoms with Crippen LogP contribution in [0.5, 0.6) is 0 Å². The minimum Gasteiger partial charge on any atom is -0.338 e. The van der Waals surface area contributed by atoms with Crippen molar-refractivity contribution in [1.82, 2.24) is 10.1 Å². The predicted octanol–water partition coefficient (Wildman–Crippen LogP) is 5.44. The Kier molecular flexibility index (Phi) is 4.63. The van der Waals surface area contributed by atoms with Gasteiger partial charge in [-0.2, -0.15) is 4.98 Å². The van der Waals surface area contributed by atoms with Crippen LogP contribution in [0, 0.1) is 0 Å². The minimum atomic E-state index is 0.582. The van der Waals surface area contributed by atoms with E-state index in [0.717, 1.165) is 14.9 Å². The number of rotatable bonds is 4. The maximum Gasteiger partial charge on any atom is 0.237 e. The van der Waals surface area contributed by atoms with Gasteiger partial charge in [-0.25, -0.2) is 0 Å². The lowest BCUT2D eigenvalue weighted by Crippen LogP contribution is -1.82. The summed E-state index contributed by atoms with van der Waals surface area (Å²) in [5, 5.41) is 4.68. The van der Waals surface area contributed by atoms with Gasteiger partial charge in [0.25, 0.3) is 0 Å². The second-order valence-corrected chi connectivity index (χ2v) is 6.66. The van der Waals surface area contributed by atoms with Gasteiger partial charge in [0.1, 0.15) is 0 Å². The van der Waals surface area contributed by atoms with Gasteiger partial charge in [0.05, 0.1) is 5.75 Å². The van der Waals surface area contributed by atoms with E-state index >= 15 is 0 Å². The van der Waals surface area contributed by atoms with Gasteiger partial charge in [0.2, 0.25) is 11.7 Å². The Morgan fingerprint density at radius 2 is 1.76 bits per heavy atom. The molecule has 0 saturated carbocycles. The third kappa shape index (κ3) is 3.87. The summed E-state index contributed by atoms with van der Waals surface area (Å²) in [7, 11) is 0. The van der Waals surface area contributed by atoms with Crippen molar-refractivity contribution < 1.29 is 4.52 Å². The first-order valence-corrected chi connectivity index (χ1v) is 8.33. The molecule has 0 N–H and O–H groups in total. The molecule has 0 bridgehead atoms. The molecule has 3 aromatic rings. The van der Waals surface area contributed by atoms with Gasteiger partial charge < -0.3 is 4.52 Å². The van der Waals surface area contributed by atoms with Crippen molar-refractivity contribution in [3.63, 3.8) is 0 Å². The highest BCUT2D eigenvalue weighted by molar-refractivity contribution is 9.10. The standard InChI is InChI=1S/C15H10BrClN2OS/c16-11-3-7-13(8-4-11)21-9-14-18-15(19-20-14)10-1-5-12(17)6-2-10/h1-8H,9H2. The fourth-order valence-electron chi connectivity index (χ4n) is 1.71. The first-order valence-electron chi connectivity index (χ1n) is 6.17. The summed E-state index contributed by atoms with van der Waals surface area (Å²) in [6.45, 7) is 0. The zero-order chi connectivity index (χ0) is 14.7. The van der Waals surface area contributed by atoms with E-state index in [2.05, 4.69) is 26.1 Å². The van der Waals surface area contributed by atoms with E-state index in [1.807, 2.05) is 48.5 Å². The number of aromatic nitrogens is 2. The van der Waals surface area contributed by atoms with Crippen LogP contribution < -0.4 is 0 Å². The van der Waals surface area contributed by atoms with Crippen LogP contribution in [0.25, 0.3) is 11.4 Å². The molecular weight excluding hydrogens is 372 g/mol. The highest BCUT2D eigenvalue weighted by atomic mass is 79.9. The topological polar surface area (TPSA) is 38.9 Å². The summed E-state index contributed by atoms with van der Waals surface area (Å²) in [6.07, 6.45) is 0. The molecule has 0 aliphatic carbocycles. The van der Waals surface area contributed by atoms with Gasteiger partial charge >= 0.3 is 0 Å². The molecule has 1 aromatic heterocycles. The Morgan fingerprint density at radius 3 is 2.48 bits per heavy atom. The normalized spacial score (nSPS) is 10.8. The van der Waals surface area contributed by atoms with Crippen molar-refractivity contribution in [1.29, 1.82) is 0 Å². The van der Waals surface area contributed by atoms with Crippen molar-refractivity contribution in [3.8, 4) is 11.4 Å². The van der Waals surface area contributed by atoms with E-state index in [4.69, 9.17) is 16.1 Å². The lowest BCUT2D eigenvalue weighted by atomic mass is 10.2. The van der Waals surface area contributed by atoms with Crippen LogP contribution in [0.3, 0.4) is 0 Å². The summed E-state index contributed by atoms with van der Waals surface area (Å²) < 4.78 is 6.34. The highest BCUT2D eigenvalue weighted by Gasteiger charge is 2.09. The number of halogens is 2. The third-order valence-corrected chi connectivity index (χ3v) is 4.52. The van der Waals surface area contributed by atoms with Crippen LogP contribution in [0.4, 0.5) is 0 Å². The number of nitrogens with zero attached hydrogens (tertiary/aromatic N) is 2. The number of hydrogen-bond acceptors (Lipinski definition) is 4. The summed E-state index contributed by atoms with van der Waals surface area (Å²) in [6, 6.07) is 15.5. The van der Waals surface area contributed by atoms with Gasteiger partial charge in [-0.15, -0.1) is 11.8 Å². The molecule has 0 amide bonds. The smallest absolute Gasteiger partial charge is 0.237 e. The van der Waals surface area contributed by atoms with Crippen LogP contribution >= 0.6 is 39.3 Å². The van der Waals surface area contributed by atoms with E-state index in [1.54, 1.807) is 11.8 Å². The number of hydrogen-bond donors (Lipinski definition) is 0. The summed E-state index contributed by atoms with van der Waals surface area (Å²) in [4.78, 5) is 5.55. The van der Waals surface area contributed by atoms with Gasteiger partial charge in [0.15, 0.2) is 0 Å². The molecule has 0 fully saturated rings. The zero-order valence-electron chi connectivity index (χ0n) is 10.8. The van der Waals surface area contributed by atoms with Crippen molar-refractivity contribution in [2.24, 2.45) is 0 Å². The van der Waals surface area contributed by atoms with Gasteiger partial charge in [-0.05, 0) is 48.5 Å². The molecule has 0 spiro atoms. The highest BCUT2D eigenvalue weighted by Crippen LogP contribution is 2.25. The zero-order valence-corrected chi connectivity index (χ0v) is 14.0. The lowest BCUT2D eigenvalue weighted by molar-refractivity contribution is 0.391. The minimum absolute atomic E-state index is 0.582. The van der Waals surface area contributed by atoms with Crippen LogP contribution in [0.15, 0.2) is 62.4 Å². The van der Waals surface area contributed by atoms with Gasteiger partial charge in [-0.1, -0.05) is 32.7 Å². The Hall–Kier alpha value is -1.30. The van der Waals surface area contributed by atoms with Crippen LogP contribution in [0.1, 0.15) is 5.89 Å². The first kappa shape index (κ1) is 14.6. The van der Waals surface area contributed by atoms with Crippen LogP contribution in [0.2, 0.25) is 5.02 Å². The van der Waals surface area contributed by atoms with E-state index < -0.39 is 0 Å². The third-order valence-electron chi connectivity index (χ3n) is 2.75. The van der Waals surface area contributed by atoms with E-state index in [9.17, 15) is 0 Å². The van der Waals surface area contributed by atoms with E-state index in [1.165, 1.54) is 0 Å². The molecule has 106 valence electrons. The fourth-order valence-corrected chi connectivity index (χ4v) is 2.83. The molecule has 0 aliphatic rings. The van der Waals surface area contributed by atoms with Crippen molar-refractivity contribution in [2.75, 3.05) is 0 Å². The first-order chi connectivity index (χ1) is 10.2.